The molecule has 7 nitrogen and oxygen atoms in total. The number of hydrogen-bond donors (Lipinski definition) is 2. The van der Waals surface area contributed by atoms with E-state index in [4.69, 9.17) is 10.5 Å². The SMILES string of the molecule is CCOC(=O)C(N)CC1CC2(CCN(C(C)=O)CC2)NC1=O. The standard InChI is InChI=1S/C15H25N3O4/c1-3-22-14(21)12(16)8-11-9-15(17-13(11)20)4-6-18(7-5-15)10(2)19/h11-12H,3-9,16H2,1-2H3,(H,17,20). The number of nitrogens with zero attached hydrogens (tertiary/aromatic N) is 1. The Hall–Kier alpha value is -1.63. The molecule has 0 aromatic carbocycles. The minimum Gasteiger partial charge on any atom is -0.465 e. The van der Waals surface area contributed by atoms with Crippen molar-refractivity contribution >= 4 is 17.8 Å². The Labute approximate surface area is 130 Å². The van der Waals surface area contributed by atoms with E-state index < -0.39 is 12.0 Å². The first-order valence-corrected chi connectivity index (χ1v) is 7.86. The van der Waals surface area contributed by atoms with Gasteiger partial charge in [0.15, 0.2) is 0 Å². The van der Waals surface area contributed by atoms with Gasteiger partial charge in [0.2, 0.25) is 11.8 Å². The van der Waals surface area contributed by atoms with Crippen LogP contribution in [0.5, 0.6) is 0 Å². The van der Waals surface area contributed by atoms with E-state index in [1.54, 1.807) is 18.7 Å². The minimum absolute atomic E-state index is 0.0453. The quantitative estimate of drug-likeness (QED) is 0.699. The number of carbonyl (C=O) groups excluding carboxylic acids is 3. The lowest BCUT2D eigenvalue weighted by Crippen LogP contribution is -2.51. The maximum Gasteiger partial charge on any atom is 0.322 e. The predicted octanol–water partition coefficient (Wildman–Crippen LogP) is -0.216. The smallest absolute Gasteiger partial charge is 0.322 e. The second kappa shape index (κ2) is 6.64. The molecule has 0 aromatic rings. The Morgan fingerprint density at radius 3 is 2.64 bits per heavy atom. The van der Waals surface area contributed by atoms with Crippen molar-refractivity contribution < 1.29 is 19.1 Å². The molecule has 7 heteroatoms. The van der Waals surface area contributed by atoms with Gasteiger partial charge in [-0.05, 0) is 32.6 Å². The molecule has 3 N–H and O–H groups in total. The zero-order chi connectivity index (χ0) is 16.3. The van der Waals surface area contributed by atoms with Gasteiger partial charge in [0.1, 0.15) is 6.04 Å². The number of nitrogens with one attached hydrogen (secondary N) is 1. The molecule has 22 heavy (non-hydrogen) atoms. The molecular formula is C15H25N3O4. The van der Waals surface area contributed by atoms with Gasteiger partial charge < -0.3 is 20.7 Å². The van der Waals surface area contributed by atoms with Crippen molar-refractivity contribution in [3.05, 3.63) is 0 Å². The molecule has 1 spiro atoms. The Bertz CT molecular complexity index is 458. The summed E-state index contributed by atoms with van der Waals surface area (Å²) in [5, 5.41) is 3.07. The molecule has 2 heterocycles. The lowest BCUT2D eigenvalue weighted by atomic mass is 9.82. The largest absolute Gasteiger partial charge is 0.465 e. The molecule has 2 aliphatic heterocycles. The Kier molecular flexibility index (Phi) is 5.05. The predicted molar refractivity (Wildman–Crippen MR) is 79.7 cm³/mol. The summed E-state index contributed by atoms with van der Waals surface area (Å²) in [5.74, 6) is -0.693. The van der Waals surface area contributed by atoms with Crippen molar-refractivity contribution in [2.75, 3.05) is 19.7 Å². The summed E-state index contributed by atoms with van der Waals surface area (Å²) >= 11 is 0. The highest BCUT2D eigenvalue weighted by molar-refractivity contribution is 5.84. The number of hydrogen-bond acceptors (Lipinski definition) is 5. The third-order valence-electron chi connectivity index (χ3n) is 4.69. The highest BCUT2D eigenvalue weighted by Crippen LogP contribution is 2.36. The monoisotopic (exact) mass is 311 g/mol. The van der Waals surface area contributed by atoms with Gasteiger partial charge in [0.25, 0.3) is 0 Å². The van der Waals surface area contributed by atoms with Crippen LogP contribution in [-0.4, -0.2) is 54.0 Å². The molecule has 0 radical (unpaired) electrons. The molecule has 0 bridgehead atoms. The molecule has 2 aliphatic rings. The fourth-order valence-corrected chi connectivity index (χ4v) is 3.40. The van der Waals surface area contributed by atoms with E-state index in [0.29, 0.717) is 25.9 Å². The summed E-state index contributed by atoms with van der Waals surface area (Å²) in [4.78, 5) is 37.0. The van der Waals surface area contributed by atoms with Crippen LogP contribution in [0.4, 0.5) is 0 Å². The normalized spacial score (nSPS) is 25.0. The van der Waals surface area contributed by atoms with E-state index in [2.05, 4.69) is 5.32 Å². The van der Waals surface area contributed by atoms with Gasteiger partial charge in [-0.1, -0.05) is 0 Å². The van der Waals surface area contributed by atoms with Crippen molar-refractivity contribution in [2.45, 2.75) is 51.1 Å². The van der Waals surface area contributed by atoms with Gasteiger partial charge in [-0.25, -0.2) is 0 Å². The van der Waals surface area contributed by atoms with Crippen LogP contribution in [0.25, 0.3) is 0 Å². The summed E-state index contributed by atoms with van der Waals surface area (Å²) in [6, 6.07) is -0.761. The van der Waals surface area contributed by atoms with Crippen LogP contribution < -0.4 is 11.1 Å². The zero-order valence-electron chi connectivity index (χ0n) is 13.3. The number of rotatable bonds is 4. The van der Waals surface area contributed by atoms with Crippen LogP contribution in [-0.2, 0) is 19.1 Å². The van der Waals surface area contributed by atoms with E-state index in [9.17, 15) is 14.4 Å². The van der Waals surface area contributed by atoms with Crippen LogP contribution >= 0.6 is 0 Å². The number of esters is 1. The van der Waals surface area contributed by atoms with Gasteiger partial charge in [-0.2, -0.15) is 0 Å². The molecule has 124 valence electrons. The highest BCUT2D eigenvalue weighted by atomic mass is 16.5. The zero-order valence-corrected chi connectivity index (χ0v) is 13.3. The first-order chi connectivity index (χ1) is 10.4. The van der Waals surface area contributed by atoms with Crippen LogP contribution in [0.3, 0.4) is 0 Å². The number of amides is 2. The molecule has 2 amide bonds. The Morgan fingerprint density at radius 2 is 2.09 bits per heavy atom. The van der Waals surface area contributed by atoms with Crippen LogP contribution in [0.2, 0.25) is 0 Å². The summed E-state index contributed by atoms with van der Waals surface area (Å²) in [7, 11) is 0. The van der Waals surface area contributed by atoms with Crippen LogP contribution in [0.15, 0.2) is 0 Å². The second-order valence-electron chi connectivity index (χ2n) is 6.27. The van der Waals surface area contributed by atoms with Crippen LogP contribution in [0, 0.1) is 5.92 Å². The van der Waals surface area contributed by atoms with Crippen molar-refractivity contribution in [1.29, 1.82) is 0 Å². The molecule has 0 aliphatic carbocycles. The molecule has 2 rings (SSSR count). The average Bonchev–Trinajstić information content (AvgIpc) is 2.75. The van der Waals surface area contributed by atoms with Gasteiger partial charge in [-0.3, -0.25) is 14.4 Å². The topological polar surface area (TPSA) is 102 Å². The molecule has 0 aromatic heterocycles. The Balaban J connectivity index is 1.91. The first kappa shape index (κ1) is 16.7. The van der Waals surface area contributed by atoms with Crippen molar-refractivity contribution in [3.63, 3.8) is 0 Å². The van der Waals surface area contributed by atoms with Crippen molar-refractivity contribution in [1.82, 2.24) is 10.2 Å². The first-order valence-electron chi connectivity index (χ1n) is 7.86. The molecule has 2 fully saturated rings. The number of likely N-dealkylation sites (tertiary alicyclic amines) is 1. The number of carbonyl (C=O) groups is 3. The number of nitrogens with two attached hydrogens (primary N) is 1. The van der Waals surface area contributed by atoms with Gasteiger partial charge in [-0.15, -0.1) is 0 Å². The van der Waals surface area contributed by atoms with E-state index >= 15 is 0 Å². The van der Waals surface area contributed by atoms with Gasteiger partial charge >= 0.3 is 5.97 Å². The van der Waals surface area contributed by atoms with Crippen LogP contribution in [0.1, 0.15) is 39.5 Å². The third-order valence-corrected chi connectivity index (χ3v) is 4.69. The molecule has 2 unspecified atom stereocenters. The van der Waals surface area contributed by atoms with Crippen molar-refractivity contribution in [2.24, 2.45) is 11.7 Å². The van der Waals surface area contributed by atoms with E-state index in [1.165, 1.54) is 0 Å². The number of ether oxygens (including phenoxy) is 1. The minimum atomic E-state index is -0.761. The maximum absolute atomic E-state index is 12.2. The van der Waals surface area contributed by atoms with E-state index in [0.717, 1.165) is 12.8 Å². The fraction of sp³-hybridized carbons (Fsp3) is 0.800. The van der Waals surface area contributed by atoms with Crippen molar-refractivity contribution in [3.8, 4) is 0 Å². The third kappa shape index (κ3) is 3.58. The molecule has 0 saturated carbocycles. The fourth-order valence-electron chi connectivity index (χ4n) is 3.40. The van der Waals surface area contributed by atoms with E-state index in [1.807, 2.05) is 0 Å². The average molecular weight is 311 g/mol. The highest BCUT2D eigenvalue weighted by Gasteiger charge is 2.46. The number of piperidine rings is 1. The maximum atomic E-state index is 12.2. The molecular weight excluding hydrogens is 286 g/mol. The van der Waals surface area contributed by atoms with Gasteiger partial charge in [0.05, 0.1) is 6.61 Å². The summed E-state index contributed by atoms with van der Waals surface area (Å²) in [6.45, 7) is 4.89. The van der Waals surface area contributed by atoms with Gasteiger partial charge in [0, 0.05) is 31.5 Å². The Morgan fingerprint density at radius 1 is 1.45 bits per heavy atom. The summed E-state index contributed by atoms with van der Waals surface area (Å²) < 4.78 is 4.89. The molecule has 2 atom stereocenters. The second-order valence-corrected chi connectivity index (χ2v) is 6.27. The van der Waals surface area contributed by atoms with E-state index in [-0.39, 0.29) is 29.9 Å². The summed E-state index contributed by atoms with van der Waals surface area (Å²) in [5.41, 5.74) is 5.57. The molecule has 2 saturated heterocycles. The summed E-state index contributed by atoms with van der Waals surface area (Å²) in [6.07, 6.45) is 2.49. The lowest BCUT2D eigenvalue weighted by Gasteiger charge is -2.39. The lowest BCUT2D eigenvalue weighted by molar-refractivity contribution is -0.145.